The third-order valence-corrected chi connectivity index (χ3v) is 2.66. The Balaban J connectivity index is 2.34. The lowest BCUT2D eigenvalue weighted by molar-refractivity contribution is 0.0963. The molecular weight excluding hydrogens is 233 g/mol. The van der Waals surface area contributed by atoms with Crippen LogP contribution >= 0.6 is 0 Å². The molecule has 0 spiro atoms. The fourth-order valence-electron chi connectivity index (χ4n) is 1.64. The minimum Gasteiger partial charge on any atom is -0.505 e. The molecule has 0 unspecified atom stereocenters. The number of carbonyl (C=O) groups is 1. The lowest BCUT2D eigenvalue weighted by Crippen LogP contribution is -2.17. The Morgan fingerprint density at radius 3 is 2.28 bits per heavy atom. The van der Waals surface area contributed by atoms with Crippen LogP contribution in [-0.2, 0) is 0 Å². The zero-order valence-corrected chi connectivity index (χ0v) is 9.77. The van der Waals surface area contributed by atoms with Gasteiger partial charge in [-0.25, -0.2) is 4.39 Å². The number of carbonyl (C=O) groups excluding carboxylic acids is 1. The van der Waals surface area contributed by atoms with Crippen molar-refractivity contribution in [3.05, 3.63) is 53.8 Å². The number of rotatable bonds is 2. The summed E-state index contributed by atoms with van der Waals surface area (Å²) in [6.07, 6.45) is 0. The van der Waals surface area contributed by atoms with Crippen molar-refractivity contribution in [3.63, 3.8) is 0 Å². The summed E-state index contributed by atoms with van der Waals surface area (Å²) in [6, 6.07) is 11.0. The number of aromatic hydroxyl groups is 1. The molecule has 2 aromatic rings. The van der Waals surface area contributed by atoms with E-state index in [1.807, 2.05) is 0 Å². The zero-order valence-electron chi connectivity index (χ0n) is 9.77. The molecule has 2 N–H and O–H groups in total. The molecule has 0 aromatic heterocycles. The number of amides is 1. The SMILES string of the molecule is CNC(=O)c1ccc(-c2ccc(O)c(F)c2)cc1. The van der Waals surface area contributed by atoms with Gasteiger partial charge in [-0.1, -0.05) is 18.2 Å². The Morgan fingerprint density at radius 2 is 1.72 bits per heavy atom. The molecule has 0 atom stereocenters. The van der Waals surface area contributed by atoms with E-state index >= 15 is 0 Å². The van der Waals surface area contributed by atoms with Crippen LogP contribution in [0.25, 0.3) is 11.1 Å². The van der Waals surface area contributed by atoms with Crippen LogP contribution in [-0.4, -0.2) is 18.1 Å². The molecule has 92 valence electrons. The Labute approximate surface area is 104 Å². The van der Waals surface area contributed by atoms with Crippen LogP contribution in [0.2, 0.25) is 0 Å². The molecule has 0 heterocycles. The van der Waals surface area contributed by atoms with E-state index < -0.39 is 5.82 Å². The van der Waals surface area contributed by atoms with E-state index in [4.69, 9.17) is 5.11 Å². The highest BCUT2D eigenvalue weighted by Crippen LogP contribution is 2.24. The molecule has 0 aliphatic carbocycles. The Morgan fingerprint density at radius 1 is 1.11 bits per heavy atom. The summed E-state index contributed by atoms with van der Waals surface area (Å²) < 4.78 is 13.2. The van der Waals surface area contributed by atoms with E-state index in [9.17, 15) is 9.18 Å². The van der Waals surface area contributed by atoms with Gasteiger partial charge in [0.25, 0.3) is 5.91 Å². The normalized spacial score (nSPS) is 10.1. The second-order valence-corrected chi connectivity index (χ2v) is 3.82. The molecule has 0 saturated heterocycles. The molecule has 0 fully saturated rings. The van der Waals surface area contributed by atoms with E-state index in [2.05, 4.69) is 5.32 Å². The summed E-state index contributed by atoms with van der Waals surface area (Å²) in [6.45, 7) is 0. The van der Waals surface area contributed by atoms with Crippen molar-refractivity contribution in [2.45, 2.75) is 0 Å². The summed E-state index contributed by atoms with van der Waals surface area (Å²) in [5.74, 6) is -1.21. The number of hydrogen-bond donors (Lipinski definition) is 2. The van der Waals surface area contributed by atoms with Gasteiger partial charge in [0.2, 0.25) is 0 Å². The second kappa shape index (κ2) is 4.87. The second-order valence-electron chi connectivity index (χ2n) is 3.82. The van der Waals surface area contributed by atoms with Crippen molar-refractivity contribution in [2.24, 2.45) is 0 Å². The topological polar surface area (TPSA) is 49.3 Å². The molecule has 0 aliphatic heterocycles. The lowest BCUT2D eigenvalue weighted by Gasteiger charge is -2.04. The van der Waals surface area contributed by atoms with E-state index in [0.29, 0.717) is 11.1 Å². The molecule has 0 aliphatic rings. The monoisotopic (exact) mass is 245 g/mol. The van der Waals surface area contributed by atoms with Gasteiger partial charge in [0.15, 0.2) is 11.6 Å². The Bertz CT molecular complexity index is 579. The highest BCUT2D eigenvalue weighted by atomic mass is 19.1. The minimum absolute atomic E-state index is 0.168. The third-order valence-electron chi connectivity index (χ3n) is 2.66. The summed E-state index contributed by atoms with van der Waals surface area (Å²) in [4.78, 5) is 11.4. The largest absolute Gasteiger partial charge is 0.505 e. The van der Waals surface area contributed by atoms with E-state index in [0.717, 1.165) is 5.56 Å². The number of hydrogen-bond acceptors (Lipinski definition) is 2. The molecule has 2 rings (SSSR count). The number of halogens is 1. The summed E-state index contributed by atoms with van der Waals surface area (Å²) >= 11 is 0. The van der Waals surface area contributed by atoms with Crippen molar-refractivity contribution in [1.82, 2.24) is 5.32 Å². The maximum absolute atomic E-state index is 13.2. The van der Waals surface area contributed by atoms with Crippen molar-refractivity contribution in [1.29, 1.82) is 0 Å². The van der Waals surface area contributed by atoms with Gasteiger partial charge in [0.1, 0.15) is 0 Å². The van der Waals surface area contributed by atoms with Crippen molar-refractivity contribution < 1.29 is 14.3 Å². The average Bonchev–Trinajstić information content (AvgIpc) is 2.41. The smallest absolute Gasteiger partial charge is 0.251 e. The van der Waals surface area contributed by atoms with Crippen LogP contribution in [0.3, 0.4) is 0 Å². The van der Waals surface area contributed by atoms with Gasteiger partial charge in [0, 0.05) is 12.6 Å². The fourth-order valence-corrected chi connectivity index (χ4v) is 1.64. The van der Waals surface area contributed by atoms with Gasteiger partial charge in [-0.15, -0.1) is 0 Å². The molecule has 0 radical (unpaired) electrons. The fraction of sp³-hybridized carbons (Fsp3) is 0.0714. The number of benzene rings is 2. The van der Waals surface area contributed by atoms with E-state index in [1.165, 1.54) is 12.1 Å². The first-order chi connectivity index (χ1) is 8.61. The minimum atomic E-state index is -0.664. The van der Waals surface area contributed by atoms with E-state index in [1.54, 1.807) is 37.4 Å². The average molecular weight is 245 g/mol. The van der Waals surface area contributed by atoms with Gasteiger partial charge in [-0.05, 0) is 35.4 Å². The first-order valence-corrected chi connectivity index (χ1v) is 5.43. The van der Waals surface area contributed by atoms with Crippen molar-refractivity contribution in [2.75, 3.05) is 7.05 Å². The summed E-state index contributed by atoms with van der Waals surface area (Å²) in [5, 5.41) is 11.6. The molecule has 0 bridgehead atoms. The Hall–Kier alpha value is -2.36. The number of nitrogens with one attached hydrogen (secondary N) is 1. The molecule has 0 saturated carbocycles. The van der Waals surface area contributed by atoms with Crippen LogP contribution in [0.1, 0.15) is 10.4 Å². The predicted octanol–water partition coefficient (Wildman–Crippen LogP) is 2.56. The molecule has 4 heteroatoms. The van der Waals surface area contributed by atoms with E-state index in [-0.39, 0.29) is 11.7 Å². The lowest BCUT2D eigenvalue weighted by atomic mass is 10.0. The predicted molar refractivity (Wildman–Crippen MR) is 66.9 cm³/mol. The number of phenolic OH excluding ortho intramolecular Hbond substituents is 1. The third kappa shape index (κ3) is 2.32. The van der Waals surface area contributed by atoms with Crippen LogP contribution in [0.4, 0.5) is 4.39 Å². The summed E-state index contributed by atoms with van der Waals surface area (Å²) in [7, 11) is 1.56. The highest BCUT2D eigenvalue weighted by Gasteiger charge is 2.06. The van der Waals surface area contributed by atoms with Gasteiger partial charge in [-0.3, -0.25) is 4.79 Å². The molecule has 3 nitrogen and oxygen atoms in total. The molecular formula is C14H12FNO2. The van der Waals surface area contributed by atoms with Crippen LogP contribution in [0.5, 0.6) is 5.75 Å². The maximum Gasteiger partial charge on any atom is 0.251 e. The van der Waals surface area contributed by atoms with Crippen LogP contribution in [0.15, 0.2) is 42.5 Å². The van der Waals surface area contributed by atoms with Gasteiger partial charge < -0.3 is 10.4 Å². The zero-order chi connectivity index (χ0) is 13.1. The van der Waals surface area contributed by atoms with Gasteiger partial charge in [0.05, 0.1) is 0 Å². The molecule has 18 heavy (non-hydrogen) atoms. The van der Waals surface area contributed by atoms with Gasteiger partial charge in [-0.2, -0.15) is 0 Å². The van der Waals surface area contributed by atoms with Crippen LogP contribution in [0, 0.1) is 5.82 Å². The highest BCUT2D eigenvalue weighted by molar-refractivity contribution is 5.94. The number of phenols is 1. The van der Waals surface area contributed by atoms with Gasteiger partial charge >= 0.3 is 0 Å². The molecule has 2 aromatic carbocycles. The maximum atomic E-state index is 13.2. The summed E-state index contributed by atoms with van der Waals surface area (Å²) in [5.41, 5.74) is 1.97. The van der Waals surface area contributed by atoms with Crippen LogP contribution < -0.4 is 5.32 Å². The Kier molecular flexibility index (Phi) is 3.28. The first-order valence-electron chi connectivity index (χ1n) is 5.43. The van der Waals surface area contributed by atoms with Crippen molar-refractivity contribution in [3.8, 4) is 16.9 Å². The van der Waals surface area contributed by atoms with Crippen molar-refractivity contribution >= 4 is 5.91 Å². The molecule has 1 amide bonds. The quantitative estimate of drug-likeness (QED) is 0.854. The standard InChI is InChI=1S/C14H12FNO2/c1-16-14(18)10-4-2-9(3-5-10)11-6-7-13(17)12(15)8-11/h2-8,17H,1H3,(H,16,18). The first kappa shape index (κ1) is 12.1.